The van der Waals surface area contributed by atoms with Crippen molar-refractivity contribution in [2.24, 2.45) is 0 Å². The van der Waals surface area contributed by atoms with Gasteiger partial charge in [-0.15, -0.1) is 39.7 Å². The fourth-order valence-electron chi connectivity index (χ4n) is 4.65. The maximum Gasteiger partial charge on any atom is 4.00 e. The summed E-state index contributed by atoms with van der Waals surface area (Å²) in [6.07, 6.45) is 0. The zero-order valence-electron chi connectivity index (χ0n) is 23.3. The largest absolute Gasteiger partial charge is 4.00 e. The van der Waals surface area contributed by atoms with E-state index in [4.69, 9.17) is 5.73 Å². The molecule has 2 nitrogen and oxygen atoms in total. The first-order chi connectivity index (χ1) is 18.4. The molecule has 1 N–H and O–H groups in total. The van der Waals surface area contributed by atoms with Crippen molar-refractivity contribution in [2.45, 2.75) is 20.8 Å². The van der Waals surface area contributed by atoms with Crippen molar-refractivity contribution in [3.05, 3.63) is 155 Å². The number of hydrogen-bond donors (Lipinski definition) is 0. The van der Waals surface area contributed by atoms with E-state index in [9.17, 15) is 4.79 Å². The molecule has 0 spiro atoms. The van der Waals surface area contributed by atoms with Crippen LogP contribution in [0.1, 0.15) is 27.0 Å². The molecule has 41 heavy (non-hydrogen) atoms. The summed E-state index contributed by atoms with van der Waals surface area (Å²) in [5.74, 6) is -0.593. The summed E-state index contributed by atoms with van der Waals surface area (Å²) in [5.41, 5.74) is 10.5. The van der Waals surface area contributed by atoms with E-state index < -0.39 is 5.91 Å². The fraction of sp³-hybridized carbons (Fsp3) is 0.0857. The van der Waals surface area contributed by atoms with E-state index >= 15 is 0 Å². The van der Waals surface area contributed by atoms with Crippen molar-refractivity contribution < 1.29 is 55.5 Å². The first kappa shape index (κ1) is 36.1. The van der Waals surface area contributed by atoms with E-state index in [1.54, 1.807) is 0 Å². The molecule has 0 aliphatic rings. The van der Waals surface area contributed by atoms with Crippen molar-refractivity contribution in [2.75, 3.05) is 0 Å². The predicted octanol–water partition coefficient (Wildman–Crippen LogP) is 1.86. The molecule has 6 aromatic rings. The molecular weight excluding hydrogens is 728 g/mol. The Kier molecular flexibility index (Phi) is 15.7. The van der Waals surface area contributed by atoms with Crippen LogP contribution in [0, 0.1) is 20.8 Å². The summed E-state index contributed by atoms with van der Waals surface area (Å²) >= 11 is 0. The van der Waals surface area contributed by atoms with Crippen LogP contribution in [0.25, 0.3) is 27.3 Å². The van der Waals surface area contributed by atoms with Gasteiger partial charge in [-0.05, 0) is 31.9 Å². The molecule has 204 valence electrons. The molecule has 6 heteroatoms. The Morgan fingerprint density at radius 3 is 1.37 bits per heavy atom. The van der Waals surface area contributed by atoms with Crippen molar-refractivity contribution in [3.63, 3.8) is 0 Å². The van der Waals surface area contributed by atoms with Gasteiger partial charge in [-0.2, -0.15) is 0 Å². The molecule has 0 unspecified atom stereocenters. The van der Waals surface area contributed by atoms with Crippen LogP contribution in [0.4, 0.5) is 0 Å². The maximum atomic E-state index is 10.9. The first-order valence-electron chi connectivity index (χ1n) is 12.7. The van der Waals surface area contributed by atoms with Gasteiger partial charge in [-0.3, -0.25) is 0 Å². The molecule has 0 saturated heterocycles. The van der Waals surface area contributed by atoms with Gasteiger partial charge < -0.3 is 35.3 Å². The SMILES string of the molecule is Cc1cc(C)c(C([NH-])=O)c(C)c1.[Cl-].[Cl-].[Hf+4].c1ccc([Si]c2ccccc2)cc1.c1ccc2c(c1)[cH-]c1ccccc12. The molecule has 0 heterocycles. The van der Waals surface area contributed by atoms with Crippen LogP contribution in [0.2, 0.25) is 0 Å². The Morgan fingerprint density at radius 1 is 0.610 bits per heavy atom. The van der Waals surface area contributed by atoms with Gasteiger partial charge in [0.15, 0.2) is 0 Å². The van der Waals surface area contributed by atoms with Crippen LogP contribution in [-0.4, -0.2) is 15.4 Å². The van der Waals surface area contributed by atoms with Crippen LogP contribution >= 0.6 is 0 Å². The molecule has 0 fully saturated rings. The molecule has 0 aromatic heterocycles. The van der Waals surface area contributed by atoms with Gasteiger partial charge in [0.05, 0.1) is 5.91 Å². The molecule has 6 aromatic carbocycles. The fourth-order valence-corrected chi connectivity index (χ4v) is 5.70. The van der Waals surface area contributed by atoms with E-state index in [1.165, 1.54) is 31.9 Å². The average molecular weight is 759 g/mol. The van der Waals surface area contributed by atoms with Crippen LogP contribution in [0.3, 0.4) is 0 Å². The van der Waals surface area contributed by atoms with Gasteiger partial charge in [-0.1, -0.05) is 125 Å². The van der Waals surface area contributed by atoms with E-state index in [1.807, 2.05) is 32.9 Å². The molecule has 1 amide bonds. The maximum absolute atomic E-state index is 10.9. The third-order valence-corrected chi connectivity index (χ3v) is 7.51. The number of carbonyl (C=O) groups excluding carboxylic acids is 1. The summed E-state index contributed by atoms with van der Waals surface area (Å²) in [5, 5.41) is 8.19. The van der Waals surface area contributed by atoms with E-state index in [0.717, 1.165) is 26.2 Å². The van der Waals surface area contributed by atoms with Crippen molar-refractivity contribution >= 4 is 47.3 Å². The number of benzene rings is 5. The third kappa shape index (κ3) is 10.2. The molecule has 0 aliphatic heterocycles. The summed E-state index contributed by atoms with van der Waals surface area (Å²) in [4.78, 5) is 10.9. The van der Waals surface area contributed by atoms with Crippen molar-refractivity contribution in [1.29, 1.82) is 0 Å². The molecule has 0 aliphatic carbocycles. The number of nitrogens with one attached hydrogen (secondary N) is 1. The zero-order valence-corrected chi connectivity index (χ0v) is 29.4. The number of aryl methyl sites for hydroxylation is 3. The minimum absolute atomic E-state index is 0. The minimum atomic E-state index is -0.593. The van der Waals surface area contributed by atoms with Gasteiger partial charge in [0, 0.05) is 5.56 Å². The topological polar surface area (TPSA) is 40.9 Å². The number of carbonyl (C=O) groups is 1. The zero-order chi connectivity index (χ0) is 26.9. The van der Waals surface area contributed by atoms with Gasteiger partial charge in [-0.25, -0.2) is 0 Å². The molecule has 6 rings (SSSR count). The summed E-state index contributed by atoms with van der Waals surface area (Å²) in [7, 11) is 0.777. The number of fused-ring (bicyclic) bond motifs is 3. The van der Waals surface area contributed by atoms with Crippen LogP contribution in [0.15, 0.2) is 127 Å². The van der Waals surface area contributed by atoms with Crippen LogP contribution in [0.5, 0.6) is 0 Å². The molecular formula is C35H31Cl2HfNOSi. The predicted molar refractivity (Wildman–Crippen MR) is 164 cm³/mol. The standard InChI is InChI=1S/C13H9.C12H10Si.C10H13NO.2ClH.Hf/c1-3-7-12-10(5-1)9-11-6-2-4-8-13(11)12;1-3-7-11(8-4-1)13-12-9-5-2-6-10-12;1-6-4-7(2)9(10(11)12)8(3)5-6;;;/h1-9H;1-10H;4-5H,1-3H3,(H2,11,12);2*1H;/q-1;;;;;+4/p-3. The number of rotatable bonds is 3. The van der Waals surface area contributed by atoms with Crippen LogP contribution in [-0.2, 0) is 25.8 Å². The second-order valence-electron chi connectivity index (χ2n) is 9.28. The Bertz CT molecular complexity index is 1540. The summed E-state index contributed by atoms with van der Waals surface area (Å²) < 4.78 is 0. The summed E-state index contributed by atoms with van der Waals surface area (Å²) in [6, 6.07) is 44.3. The summed E-state index contributed by atoms with van der Waals surface area (Å²) in [6.45, 7) is 5.71. The van der Waals surface area contributed by atoms with Crippen LogP contribution < -0.4 is 35.2 Å². The monoisotopic (exact) mass is 759 g/mol. The Labute approximate surface area is 277 Å². The molecule has 0 saturated carbocycles. The van der Waals surface area contributed by atoms with Gasteiger partial charge in [0.2, 0.25) is 0 Å². The molecule has 0 atom stereocenters. The normalized spacial score (nSPS) is 9.54. The second-order valence-corrected chi connectivity index (χ2v) is 10.7. The molecule has 2 radical (unpaired) electrons. The first-order valence-corrected chi connectivity index (χ1v) is 13.7. The van der Waals surface area contributed by atoms with Gasteiger partial charge in [0.25, 0.3) is 0 Å². The minimum Gasteiger partial charge on any atom is -1.00 e. The van der Waals surface area contributed by atoms with Crippen molar-refractivity contribution in [3.8, 4) is 0 Å². The number of amides is 1. The second kappa shape index (κ2) is 17.8. The Balaban J connectivity index is 0.000000297. The number of halogens is 2. The Hall–Kier alpha value is -2.89. The van der Waals surface area contributed by atoms with Gasteiger partial charge in [0.1, 0.15) is 9.52 Å². The smallest absolute Gasteiger partial charge is 1.00 e. The van der Waals surface area contributed by atoms with Gasteiger partial charge >= 0.3 is 25.8 Å². The molecule has 0 bridgehead atoms. The van der Waals surface area contributed by atoms with E-state index in [0.29, 0.717) is 5.56 Å². The van der Waals surface area contributed by atoms with E-state index in [2.05, 4.69) is 115 Å². The third-order valence-electron chi connectivity index (χ3n) is 6.26. The average Bonchev–Trinajstić information content (AvgIpc) is 3.29. The Morgan fingerprint density at radius 2 is 0.976 bits per heavy atom. The van der Waals surface area contributed by atoms with Crippen molar-refractivity contribution in [1.82, 2.24) is 0 Å². The quantitative estimate of drug-likeness (QED) is 0.201. The number of hydrogen-bond acceptors (Lipinski definition) is 1. The van der Waals surface area contributed by atoms with E-state index in [-0.39, 0.29) is 50.7 Å².